The number of carbonyl (C=O) groups is 1. The number of nitro groups is 1. The lowest BCUT2D eigenvalue weighted by Crippen LogP contribution is -2.27. The zero-order valence-electron chi connectivity index (χ0n) is 11.9. The molecule has 0 fully saturated rings. The number of fused-ring (bicyclic) bond motifs is 1. The van der Waals surface area contributed by atoms with Crippen molar-refractivity contribution in [3.63, 3.8) is 0 Å². The highest BCUT2D eigenvalue weighted by molar-refractivity contribution is 6.03. The maximum atomic E-state index is 11.8. The number of rotatable bonds is 2. The van der Waals surface area contributed by atoms with Crippen LogP contribution in [-0.2, 0) is 4.74 Å². The van der Waals surface area contributed by atoms with E-state index in [0.717, 1.165) is 0 Å². The van der Waals surface area contributed by atoms with Gasteiger partial charge < -0.3 is 4.74 Å². The third kappa shape index (κ3) is 3.44. The topological polar surface area (TPSA) is 94.4 Å². The number of nitrogens with zero attached hydrogens (tertiary/aromatic N) is 2. The fourth-order valence-corrected chi connectivity index (χ4v) is 1.86. The highest BCUT2D eigenvalue weighted by Gasteiger charge is 2.19. The molecule has 7 heteroatoms. The van der Waals surface area contributed by atoms with E-state index in [1.54, 1.807) is 26.8 Å². The monoisotopic (exact) mass is 289 g/mol. The van der Waals surface area contributed by atoms with E-state index in [-0.39, 0.29) is 5.69 Å². The predicted molar refractivity (Wildman–Crippen MR) is 78.3 cm³/mol. The van der Waals surface area contributed by atoms with Crippen molar-refractivity contribution in [1.29, 1.82) is 0 Å². The lowest BCUT2D eigenvalue weighted by atomic mass is 10.1. The Morgan fingerprint density at radius 3 is 2.62 bits per heavy atom. The van der Waals surface area contributed by atoms with E-state index in [9.17, 15) is 14.9 Å². The van der Waals surface area contributed by atoms with Crippen LogP contribution in [0.3, 0.4) is 0 Å². The summed E-state index contributed by atoms with van der Waals surface area (Å²) in [5.41, 5.74) is -0.248. The second-order valence-electron chi connectivity index (χ2n) is 5.44. The molecule has 0 atom stereocenters. The number of non-ortho nitro benzene ring substituents is 1. The van der Waals surface area contributed by atoms with Crippen LogP contribution in [0.5, 0.6) is 0 Å². The standard InChI is InChI=1S/C14H15N3O4/c1-14(2,3)21-13(18)16-11-4-5-12(17(19)20)10-8-15-7-6-9(10)11/h4-8H,1-3H3,(H,16,18). The van der Waals surface area contributed by atoms with Crippen LogP contribution in [-0.4, -0.2) is 21.6 Å². The second-order valence-corrected chi connectivity index (χ2v) is 5.44. The lowest BCUT2D eigenvalue weighted by molar-refractivity contribution is -0.383. The van der Waals surface area contributed by atoms with Gasteiger partial charge in [-0.25, -0.2) is 4.79 Å². The van der Waals surface area contributed by atoms with Crippen LogP contribution in [0.2, 0.25) is 0 Å². The number of hydrogen-bond acceptors (Lipinski definition) is 5. The maximum Gasteiger partial charge on any atom is 0.412 e. The van der Waals surface area contributed by atoms with Crippen molar-refractivity contribution in [1.82, 2.24) is 4.98 Å². The number of ether oxygens (including phenoxy) is 1. The van der Waals surface area contributed by atoms with Gasteiger partial charge in [-0.05, 0) is 32.9 Å². The number of nitro benzene ring substituents is 1. The highest BCUT2D eigenvalue weighted by Crippen LogP contribution is 2.30. The molecule has 0 spiro atoms. The van der Waals surface area contributed by atoms with Gasteiger partial charge in [-0.2, -0.15) is 0 Å². The van der Waals surface area contributed by atoms with Crippen LogP contribution in [0.4, 0.5) is 16.2 Å². The first kappa shape index (κ1) is 14.7. The van der Waals surface area contributed by atoms with Crippen LogP contribution in [0.1, 0.15) is 20.8 Å². The number of hydrogen-bond donors (Lipinski definition) is 1. The number of amides is 1. The smallest absolute Gasteiger partial charge is 0.412 e. The van der Waals surface area contributed by atoms with Crippen molar-refractivity contribution in [3.8, 4) is 0 Å². The number of carbonyl (C=O) groups excluding carboxylic acids is 1. The summed E-state index contributed by atoms with van der Waals surface area (Å²) in [6, 6.07) is 4.41. The first-order valence-electron chi connectivity index (χ1n) is 6.29. The van der Waals surface area contributed by atoms with Crippen molar-refractivity contribution in [2.45, 2.75) is 26.4 Å². The lowest BCUT2D eigenvalue weighted by Gasteiger charge is -2.20. The number of pyridine rings is 1. The Bertz CT molecular complexity index is 707. The molecule has 2 aromatic rings. The third-order valence-electron chi connectivity index (χ3n) is 2.63. The molecule has 0 aliphatic rings. The zero-order chi connectivity index (χ0) is 15.6. The summed E-state index contributed by atoms with van der Waals surface area (Å²) in [5, 5.41) is 14.5. The summed E-state index contributed by atoms with van der Waals surface area (Å²) in [6.07, 6.45) is 2.29. The van der Waals surface area contributed by atoms with Crippen LogP contribution in [0.15, 0.2) is 30.6 Å². The molecule has 21 heavy (non-hydrogen) atoms. The van der Waals surface area contributed by atoms with Gasteiger partial charge in [0.05, 0.1) is 16.0 Å². The number of benzene rings is 1. The minimum Gasteiger partial charge on any atom is -0.444 e. The van der Waals surface area contributed by atoms with Crippen LogP contribution >= 0.6 is 0 Å². The third-order valence-corrected chi connectivity index (χ3v) is 2.63. The van der Waals surface area contributed by atoms with Crippen molar-refractivity contribution in [2.24, 2.45) is 0 Å². The molecule has 0 saturated carbocycles. The van der Waals surface area contributed by atoms with Gasteiger partial charge in [0, 0.05) is 23.8 Å². The first-order valence-corrected chi connectivity index (χ1v) is 6.29. The Morgan fingerprint density at radius 2 is 2.00 bits per heavy atom. The second kappa shape index (κ2) is 5.35. The fourth-order valence-electron chi connectivity index (χ4n) is 1.86. The molecule has 0 radical (unpaired) electrons. The van der Waals surface area contributed by atoms with Gasteiger partial charge in [0.25, 0.3) is 5.69 Å². The normalized spacial score (nSPS) is 11.2. The first-order chi connectivity index (χ1) is 9.78. The van der Waals surface area contributed by atoms with Gasteiger partial charge in [0.2, 0.25) is 0 Å². The molecule has 110 valence electrons. The molecular formula is C14H15N3O4. The van der Waals surface area contributed by atoms with E-state index in [1.807, 2.05) is 0 Å². The Hall–Kier alpha value is -2.70. The van der Waals surface area contributed by atoms with E-state index >= 15 is 0 Å². The Balaban J connectivity index is 2.40. The number of anilines is 1. The predicted octanol–water partition coefficient (Wildman–Crippen LogP) is 3.49. The van der Waals surface area contributed by atoms with Crippen molar-refractivity contribution in [3.05, 3.63) is 40.7 Å². The molecule has 0 saturated heterocycles. The highest BCUT2D eigenvalue weighted by atomic mass is 16.6. The Kier molecular flexibility index (Phi) is 3.75. The molecule has 0 unspecified atom stereocenters. The zero-order valence-corrected chi connectivity index (χ0v) is 11.9. The minimum atomic E-state index is -0.623. The van der Waals surface area contributed by atoms with Gasteiger partial charge in [-0.15, -0.1) is 0 Å². The summed E-state index contributed by atoms with van der Waals surface area (Å²) >= 11 is 0. The molecule has 1 amide bonds. The summed E-state index contributed by atoms with van der Waals surface area (Å²) in [4.78, 5) is 26.2. The van der Waals surface area contributed by atoms with Gasteiger partial charge in [0.1, 0.15) is 5.60 Å². The average molecular weight is 289 g/mol. The SMILES string of the molecule is CC(C)(C)OC(=O)Nc1ccc([N+](=O)[O-])c2cnccc12. The van der Waals surface area contributed by atoms with E-state index in [0.29, 0.717) is 16.5 Å². The van der Waals surface area contributed by atoms with E-state index in [2.05, 4.69) is 10.3 Å². The van der Waals surface area contributed by atoms with Crippen LogP contribution < -0.4 is 5.32 Å². The van der Waals surface area contributed by atoms with Gasteiger partial charge in [0.15, 0.2) is 0 Å². The van der Waals surface area contributed by atoms with Gasteiger partial charge >= 0.3 is 6.09 Å². The molecule has 1 heterocycles. The summed E-state index contributed by atoms with van der Waals surface area (Å²) < 4.78 is 5.17. The molecule has 1 aromatic heterocycles. The fraction of sp³-hybridized carbons (Fsp3) is 0.286. The van der Waals surface area contributed by atoms with Gasteiger partial charge in [-0.3, -0.25) is 20.4 Å². The maximum absolute atomic E-state index is 11.8. The van der Waals surface area contributed by atoms with E-state index < -0.39 is 16.6 Å². The van der Waals surface area contributed by atoms with Crippen LogP contribution in [0, 0.1) is 10.1 Å². The minimum absolute atomic E-state index is 0.0622. The average Bonchev–Trinajstić information content (AvgIpc) is 2.36. The van der Waals surface area contributed by atoms with E-state index in [1.165, 1.54) is 24.5 Å². The quantitative estimate of drug-likeness (QED) is 0.674. The summed E-state index contributed by atoms with van der Waals surface area (Å²) in [5.74, 6) is 0. The molecule has 7 nitrogen and oxygen atoms in total. The Labute approximate surface area is 121 Å². The molecule has 0 aliphatic heterocycles. The number of nitrogens with one attached hydrogen (secondary N) is 1. The van der Waals surface area contributed by atoms with Crippen LogP contribution in [0.25, 0.3) is 10.8 Å². The largest absolute Gasteiger partial charge is 0.444 e. The van der Waals surface area contributed by atoms with Crippen molar-refractivity contribution < 1.29 is 14.5 Å². The molecular weight excluding hydrogens is 274 g/mol. The number of aromatic nitrogens is 1. The molecule has 1 aromatic carbocycles. The molecule has 2 rings (SSSR count). The summed E-state index contributed by atoms with van der Waals surface area (Å²) in [7, 11) is 0. The van der Waals surface area contributed by atoms with E-state index in [4.69, 9.17) is 4.74 Å². The molecule has 1 N–H and O–H groups in total. The Morgan fingerprint density at radius 1 is 1.29 bits per heavy atom. The molecule has 0 aliphatic carbocycles. The van der Waals surface area contributed by atoms with Crippen molar-refractivity contribution >= 4 is 28.2 Å². The molecule has 0 bridgehead atoms. The summed E-state index contributed by atoms with van der Waals surface area (Å²) in [6.45, 7) is 5.26. The van der Waals surface area contributed by atoms with Crippen molar-refractivity contribution in [2.75, 3.05) is 5.32 Å². The van der Waals surface area contributed by atoms with Gasteiger partial charge in [-0.1, -0.05) is 0 Å².